The quantitative estimate of drug-likeness (QED) is 0.463. The van der Waals surface area contributed by atoms with Gasteiger partial charge < -0.3 is 9.80 Å². The first-order chi connectivity index (χ1) is 16.5. The van der Waals surface area contributed by atoms with Crippen LogP contribution in [0.15, 0.2) is 30.3 Å². The minimum Gasteiger partial charge on any atom is -0.341 e. The summed E-state index contributed by atoms with van der Waals surface area (Å²) in [6.07, 6.45) is 9.03. The summed E-state index contributed by atoms with van der Waals surface area (Å²) in [5, 5.41) is 0. The number of hydrogen-bond donors (Lipinski definition) is 0. The first-order valence-electron chi connectivity index (χ1n) is 13.3. The maximum absolute atomic E-state index is 13.8. The second-order valence-electron chi connectivity index (χ2n) is 11.7. The fraction of sp³-hybridized carbons (Fsp3) is 0.633. The van der Waals surface area contributed by atoms with Gasteiger partial charge >= 0.3 is 0 Å². The highest BCUT2D eigenvalue weighted by atomic mass is 16.2. The first kappa shape index (κ1) is 27.2. The fourth-order valence-corrected chi connectivity index (χ4v) is 5.54. The molecule has 5 heteroatoms. The third-order valence-electron chi connectivity index (χ3n) is 7.92. The Morgan fingerprint density at radius 3 is 2.26 bits per heavy atom. The molecule has 2 atom stereocenters. The van der Waals surface area contributed by atoms with Crippen molar-refractivity contribution in [3.63, 3.8) is 0 Å². The molecular formula is C30H44N2O3. The van der Waals surface area contributed by atoms with E-state index in [0.717, 1.165) is 30.4 Å². The topological polar surface area (TPSA) is 57.7 Å². The molecule has 35 heavy (non-hydrogen) atoms. The van der Waals surface area contributed by atoms with Crippen molar-refractivity contribution in [2.45, 2.75) is 98.1 Å². The zero-order chi connectivity index (χ0) is 25.8. The van der Waals surface area contributed by atoms with Crippen molar-refractivity contribution >= 4 is 23.2 Å². The zero-order valence-corrected chi connectivity index (χ0v) is 22.6. The van der Waals surface area contributed by atoms with Crippen molar-refractivity contribution in [1.29, 1.82) is 0 Å². The number of likely N-dealkylation sites (tertiary alicyclic amines) is 1. The third kappa shape index (κ3) is 6.83. The molecule has 1 saturated heterocycles. The molecule has 1 unspecified atom stereocenters. The number of amides is 2. The summed E-state index contributed by atoms with van der Waals surface area (Å²) in [4.78, 5) is 44.0. The maximum Gasteiger partial charge on any atom is 0.245 e. The minimum atomic E-state index is -0.467. The van der Waals surface area contributed by atoms with Crippen molar-refractivity contribution in [3.8, 4) is 0 Å². The molecule has 1 heterocycles. The van der Waals surface area contributed by atoms with Gasteiger partial charge in [-0.15, -0.1) is 0 Å². The predicted octanol–water partition coefficient (Wildman–Crippen LogP) is 5.80. The van der Waals surface area contributed by atoms with E-state index in [2.05, 4.69) is 0 Å². The second-order valence-corrected chi connectivity index (χ2v) is 11.7. The monoisotopic (exact) mass is 480 g/mol. The standard InChI is InChI=1S/C30H44N2O3/c1-21-14-16-23(17-15-21)22(2)19-25(33)20-26(30(3,4)5)28(34)32-18-10-13-27(32)29(35)31(6)24-11-8-7-9-12-24/h14-17,19,24,26-27H,7-13,18,20H2,1-6H3/b22-19+/t26?,27-/m0/s1. The van der Waals surface area contributed by atoms with Crippen LogP contribution in [-0.2, 0) is 14.4 Å². The lowest BCUT2D eigenvalue weighted by molar-refractivity contribution is -0.149. The van der Waals surface area contributed by atoms with Gasteiger partial charge in [0, 0.05) is 26.1 Å². The fourth-order valence-electron chi connectivity index (χ4n) is 5.54. The average molecular weight is 481 g/mol. The van der Waals surface area contributed by atoms with Gasteiger partial charge in [0.25, 0.3) is 0 Å². The van der Waals surface area contributed by atoms with Gasteiger partial charge in [0.05, 0.1) is 5.92 Å². The number of benzene rings is 1. The van der Waals surface area contributed by atoms with Gasteiger partial charge in [-0.2, -0.15) is 0 Å². The van der Waals surface area contributed by atoms with E-state index in [1.165, 1.54) is 24.8 Å². The van der Waals surface area contributed by atoms with Crippen LogP contribution in [0.3, 0.4) is 0 Å². The Kier molecular flexibility index (Phi) is 8.95. The Morgan fingerprint density at radius 2 is 1.66 bits per heavy atom. The SMILES string of the molecule is C/C(=C\C(=O)CC(C(=O)N1CCC[C@H]1C(=O)N(C)C1CCCCC1)C(C)(C)C)c1ccc(C)cc1. The van der Waals surface area contributed by atoms with Crippen LogP contribution in [0.2, 0.25) is 0 Å². The lowest BCUT2D eigenvalue weighted by atomic mass is 9.76. The Hall–Kier alpha value is -2.43. The molecular weight excluding hydrogens is 436 g/mol. The summed E-state index contributed by atoms with van der Waals surface area (Å²) in [5.41, 5.74) is 2.70. The Labute approximate surface area is 211 Å². The molecule has 0 aromatic heterocycles. The summed E-state index contributed by atoms with van der Waals surface area (Å²) in [6.45, 7) is 10.6. The Bertz CT molecular complexity index is 935. The molecule has 1 aromatic rings. The molecule has 3 rings (SSSR count). The van der Waals surface area contributed by atoms with Crippen LogP contribution >= 0.6 is 0 Å². The number of allylic oxidation sites excluding steroid dienone is 2. The van der Waals surface area contributed by atoms with Crippen LogP contribution in [0.4, 0.5) is 0 Å². The lowest BCUT2D eigenvalue weighted by Crippen LogP contribution is -2.52. The van der Waals surface area contributed by atoms with Crippen LogP contribution in [0.5, 0.6) is 0 Å². The molecule has 1 saturated carbocycles. The molecule has 1 aliphatic carbocycles. The number of nitrogens with zero attached hydrogens (tertiary/aromatic N) is 2. The molecule has 0 spiro atoms. The van der Waals surface area contributed by atoms with Crippen LogP contribution in [0.25, 0.3) is 5.57 Å². The molecule has 1 aromatic carbocycles. The molecule has 2 aliphatic rings. The van der Waals surface area contributed by atoms with Gasteiger partial charge in [-0.05, 0) is 62.2 Å². The molecule has 0 bridgehead atoms. The highest BCUT2D eigenvalue weighted by Gasteiger charge is 2.43. The van der Waals surface area contributed by atoms with Gasteiger partial charge in [0.1, 0.15) is 6.04 Å². The normalized spacial score (nSPS) is 20.6. The van der Waals surface area contributed by atoms with E-state index < -0.39 is 12.0 Å². The summed E-state index contributed by atoms with van der Waals surface area (Å²) in [7, 11) is 1.91. The van der Waals surface area contributed by atoms with E-state index in [1.54, 1.807) is 11.0 Å². The largest absolute Gasteiger partial charge is 0.341 e. The molecule has 2 fully saturated rings. The molecule has 2 amide bonds. The summed E-state index contributed by atoms with van der Waals surface area (Å²) >= 11 is 0. The Morgan fingerprint density at radius 1 is 1.03 bits per heavy atom. The van der Waals surface area contributed by atoms with Gasteiger partial charge in [0.15, 0.2) is 5.78 Å². The van der Waals surface area contributed by atoms with E-state index in [-0.39, 0.29) is 35.5 Å². The van der Waals surface area contributed by atoms with Crippen molar-refractivity contribution in [3.05, 3.63) is 41.5 Å². The maximum atomic E-state index is 13.8. The van der Waals surface area contributed by atoms with Crippen LogP contribution in [0.1, 0.15) is 90.2 Å². The molecule has 0 N–H and O–H groups in total. The smallest absolute Gasteiger partial charge is 0.245 e. The number of carbonyl (C=O) groups is 3. The van der Waals surface area contributed by atoms with Gasteiger partial charge in [-0.1, -0.05) is 69.9 Å². The minimum absolute atomic E-state index is 0.0438. The van der Waals surface area contributed by atoms with E-state index in [9.17, 15) is 14.4 Å². The predicted molar refractivity (Wildman–Crippen MR) is 142 cm³/mol. The van der Waals surface area contributed by atoms with Crippen molar-refractivity contribution in [1.82, 2.24) is 9.80 Å². The number of likely N-dealkylation sites (N-methyl/N-ethyl adjacent to an activating group) is 1. The van der Waals surface area contributed by atoms with Crippen molar-refractivity contribution < 1.29 is 14.4 Å². The third-order valence-corrected chi connectivity index (χ3v) is 7.92. The number of carbonyl (C=O) groups excluding carboxylic acids is 3. The molecule has 0 radical (unpaired) electrons. The van der Waals surface area contributed by atoms with Crippen LogP contribution in [-0.4, -0.2) is 53.1 Å². The number of ketones is 1. The highest BCUT2D eigenvalue weighted by Crippen LogP contribution is 2.34. The summed E-state index contributed by atoms with van der Waals surface area (Å²) in [5.74, 6) is -0.500. The first-order valence-corrected chi connectivity index (χ1v) is 13.3. The number of rotatable bonds is 7. The molecule has 1 aliphatic heterocycles. The average Bonchev–Trinajstić information content (AvgIpc) is 3.31. The van der Waals surface area contributed by atoms with Crippen molar-refractivity contribution in [2.24, 2.45) is 11.3 Å². The van der Waals surface area contributed by atoms with Crippen LogP contribution in [0, 0.1) is 18.3 Å². The van der Waals surface area contributed by atoms with E-state index in [1.807, 2.05) is 70.8 Å². The number of hydrogen-bond acceptors (Lipinski definition) is 3. The number of aryl methyl sites for hydroxylation is 1. The Balaban J connectivity index is 1.73. The zero-order valence-electron chi connectivity index (χ0n) is 22.6. The summed E-state index contributed by atoms with van der Waals surface area (Å²) in [6, 6.07) is 7.98. The highest BCUT2D eigenvalue weighted by molar-refractivity contribution is 5.99. The lowest BCUT2D eigenvalue weighted by Gasteiger charge is -2.38. The van der Waals surface area contributed by atoms with Gasteiger partial charge in [-0.3, -0.25) is 14.4 Å². The summed E-state index contributed by atoms with van der Waals surface area (Å²) < 4.78 is 0. The molecule has 192 valence electrons. The van der Waals surface area contributed by atoms with Gasteiger partial charge in [0.2, 0.25) is 11.8 Å². The van der Waals surface area contributed by atoms with Crippen LogP contribution < -0.4 is 0 Å². The molecule has 5 nitrogen and oxygen atoms in total. The van der Waals surface area contributed by atoms with Gasteiger partial charge in [-0.25, -0.2) is 0 Å². The van der Waals surface area contributed by atoms with Crippen molar-refractivity contribution in [2.75, 3.05) is 13.6 Å². The van der Waals surface area contributed by atoms with E-state index >= 15 is 0 Å². The second kappa shape index (κ2) is 11.5. The van der Waals surface area contributed by atoms with E-state index in [4.69, 9.17) is 0 Å². The van der Waals surface area contributed by atoms with E-state index in [0.29, 0.717) is 13.0 Å².